The standard InChI is InChI=1S/C13H17F2NO4S/c1-2-12(18)10-4-3-5-11(8-10)21(19,20)16(6-7-17)9-13(14)15/h3-5,8,13,17H,2,6-7,9H2,1H3. The molecular formula is C13H17F2NO4S. The van der Waals surface area contributed by atoms with Crippen LogP contribution in [0.15, 0.2) is 29.2 Å². The summed E-state index contributed by atoms with van der Waals surface area (Å²) in [5.74, 6) is -0.241. The van der Waals surface area contributed by atoms with E-state index in [-0.39, 0.29) is 22.7 Å². The number of alkyl halides is 2. The number of benzene rings is 1. The summed E-state index contributed by atoms with van der Waals surface area (Å²) in [4.78, 5) is 11.4. The lowest BCUT2D eigenvalue weighted by Crippen LogP contribution is -2.37. The van der Waals surface area contributed by atoms with Gasteiger partial charge in [0.25, 0.3) is 6.43 Å². The average Bonchev–Trinajstić information content (AvgIpc) is 2.45. The Hall–Kier alpha value is -1.38. The predicted octanol–water partition coefficient (Wildman–Crippen LogP) is 1.53. The molecule has 0 unspecified atom stereocenters. The van der Waals surface area contributed by atoms with Crippen LogP contribution in [0.2, 0.25) is 0 Å². The van der Waals surface area contributed by atoms with E-state index in [9.17, 15) is 22.0 Å². The van der Waals surface area contributed by atoms with E-state index in [0.29, 0.717) is 4.31 Å². The van der Waals surface area contributed by atoms with Gasteiger partial charge in [0, 0.05) is 18.5 Å². The van der Waals surface area contributed by atoms with Crippen molar-refractivity contribution in [3.63, 3.8) is 0 Å². The zero-order valence-corrected chi connectivity index (χ0v) is 12.3. The van der Waals surface area contributed by atoms with Crippen LogP contribution in [0.4, 0.5) is 8.78 Å². The summed E-state index contributed by atoms with van der Waals surface area (Å²) in [6.07, 6.45) is -2.65. The van der Waals surface area contributed by atoms with Gasteiger partial charge in [0.2, 0.25) is 10.0 Å². The molecular weight excluding hydrogens is 304 g/mol. The van der Waals surface area contributed by atoms with Gasteiger partial charge < -0.3 is 5.11 Å². The third kappa shape index (κ3) is 4.55. The van der Waals surface area contributed by atoms with Gasteiger partial charge in [-0.3, -0.25) is 4.79 Å². The minimum atomic E-state index is -4.18. The molecule has 0 saturated heterocycles. The van der Waals surface area contributed by atoms with E-state index in [4.69, 9.17) is 5.11 Å². The minimum absolute atomic E-state index is 0.208. The highest BCUT2D eigenvalue weighted by atomic mass is 32.2. The molecule has 0 aromatic heterocycles. The lowest BCUT2D eigenvalue weighted by Gasteiger charge is -2.21. The second kappa shape index (κ2) is 7.58. The van der Waals surface area contributed by atoms with Crippen molar-refractivity contribution in [3.05, 3.63) is 29.8 Å². The van der Waals surface area contributed by atoms with Gasteiger partial charge in [-0.05, 0) is 12.1 Å². The summed E-state index contributed by atoms with van der Waals surface area (Å²) in [6, 6.07) is 5.25. The zero-order valence-electron chi connectivity index (χ0n) is 11.5. The van der Waals surface area contributed by atoms with Crippen LogP contribution in [0.1, 0.15) is 23.7 Å². The van der Waals surface area contributed by atoms with Crippen molar-refractivity contribution in [2.24, 2.45) is 0 Å². The average molecular weight is 321 g/mol. The highest BCUT2D eigenvalue weighted by Gasteiger charge is 2.27. The number of carbonyl (C=O) groups is 1. The molecule has 0 bridgehead atoms. The number of Topliss-reactive ketones (excluding diaryl/α,β-unsaturated/α-hetero) is 1. The largest absolute Gasteiger partial charge is 0.395 e. The molecule has 0 spiro atoms. The first-order valence-corrected chi connectivity index (χ1v) is 7.79. The Kier molecular flexibility index (Phi) is 6.38. The number of hydrogen-bond donors (Lipinski definition) is 1. The SMILES string of the molecule is CCC(=O)c1cccc(S(=O)(=O)N(CCO)CC(F)F)c1. The Bertz CT molecular complexity index is 590. The van der Waals surface area contributed by atoms with Gasteiger partial charge in [-0.2, -0.15) is 4.31 Å². The number of sulfonamides is 1. The van der Waals surface area contributed by atoms with Gasteiger partial charge in [0.05, 0.1) is 18.0 Å². The van der Waals surface area contributed by atoms with Gasteiger partial charge in [0.1, 0.15) is 0 Å². The van der Waals surface area contributed by atoms with Crippen LogP contribution in [0.5, 0.6) is 0 Å². The van der Waals surface area contributed by atoms with Crippen molar-refractivity contribution in [1.82, 2.24) is 4.31 Å². The van der Waals surface area contributed by atoms with E-state index >= 15 is 0 Å². The molecule has 0 aliphatic carbocycles. The Morgan fingerprint density at radius 2 is 2.05 bits per heavy atom. The van der Waals surface area contributed by atoms with Crippen LogP contribution in [0, 0.1) is 0 Å². The molecule has 0 fully saturated rings. The van der Waals surface area contributed by atoms with Crippen molar-refractivity contribution in [2.45, 2.75) is 24.7 Å². The molecule has 1 aromatic carbocycles. The lowest BCUT2D eigenvalue weighted by molar-refractivity contribution is 0.0987. The molecule has 0 radical (unpaired) electrons. The Labute approximate surface area is 122 Å². The molecule has 0 aliphatic rings. The molecule has 21 heavy (non-hydrogen) atoms. The van der Waals surface area contributed by atoms with Crippen LogP contribution in [0.25, 0.3) is 0 Å². The fourth-order valence-electron chi connectivity index (χ4n) is 1.76. The van der Waals surface area contributed by atoms with Gasteiger partial charge in [0.15, 0.2) is 5.78 Å². The van der Waals surface area contributed by atoms with Gasteiger partial charge in [-0.25, -0.2) is 17.2 Å². The van der Waals surface area contributed by atoms with Crippen molar-refractivity contribution >= 4 is 15.8 Å². The van der Waals surface area contributed by atoms with Crippen LogP contribution < -0.4 is 0 Å². The van der Waals surface area contributed by atoms with Crippen molar-refractivity contribution in [3.8, 4) is 0 Å². The maximum absolute atomic E-state index is 12.5. The second-order valence-electron chi connectivity index (χ2n) is 4.28. The van der Waals surface area contributed by atoms with Crippen molar-refractivity contribution < 1.29 is 27.1 Å². The Morgan fingerprint density at radius 1 is 1.38 bits per heavy atom. The summed E-state index contributed by atoms with van der Waals surface area (Å²) < 4.78 is 50.0. The van der Waals surface area contributed by atoms with Crippen molar-refractivity contribution in [1.29, 1.82) is 0 Å². The quantitative estimate of drug-likeness (QED) is 0.737. The number of aliphatic hydroxyl groups is 1. The molecule has 8 heteroatoms. The zero-order chi connectivity index (χ0) is 16.0. The molecule has 1 aromatic rings. The van der Waals surface area contributed by atoms with Crippen LogP contribution in [-0.2, 0) is 10.0 Å². The Morgan fingerprint density at radius 3 is 2.57 bits per heavy atom. The van der Waals surface area contributed by atoms with E-state index in [1.54, 1.807) is 6.92 Å². The number of hydrogen-bond acceptors (Lipinski definition) is 4. The predicted molar refractivity (Wildman–Crippen MR) is 72.9 cm³/mol. The summed E-state index contributed by atoms with van der Waals surface area (Å²) in [5, 5.41) is 8.84. The van der Waals surface area contributed by atoms with Crippen molar-refractivity contribution in [2.75, 3.05) is 19.7 Å². The number of ketones is 1. The molecule has 0 aliphatic heterocycles. The Balaban J connectivity index is 3.18. The smallest absolute Gasteiger partial charge is 0.252 e. The van der Waals surface area contributed by atoms with Crippen LogP contribution >= 0.6 is 0 Å². The number of aliphatic hydroxyl groups excluding tert-OH is 1. The fraction of sp³-hybridized carbons (Fsp3) is 0.462. The maximum Gasteiger partial charge on any atom is 0.252 e. The van der Waals surface area contributed by atoms with Gasteiger partial charge in [-0.15, -0.1) is 0 Å². The molecule has 0 atom stereocenters. The molecule has 5 nitrogen and oxygen atoms in total. The third-order valence-electron chi connectivity index (χ3n) is 2.81. The van der Waals surface area contributed by atoms with Crippen LogP contribution in [-0.4, -0.2) is 49.7 Å². The summed E-state index contributed by atoms with van der Waals surface area (Å²) >= 11 is 0. The number of nitrogens with zero attached hydrogens (tertiary/aromatic N) is 1. The normalized spacial score (nSPS) is 12.1. The molecule has 0 heterocycles. The highest BCUT2D eigenvalue weighted by molar-refractivity contribution is 7.89. The molecule has 1 N–H and O–H groups in total. The molecule has 0 saturated carbocycles. The summed E-state index contributed by atoms with van der Waals surface area (Å²) in [6.45, 7) is -0.370. The first-order chi connectivity index (χ1) is 9.82. The van der Waals surface area contributed by atoms with E-state index in [0.717, 1.165) is 6.07 Å². The number of carbonyl (C=O) groups excluding carboxylic acids is 1. The monoisotopic (exact) mass is 321 g/mol. The van der Waals surface area contributed by atoms with E-state index in [1.807, 2.05) is 0 Å². The number of rotatable bonds is 8. The maximum atomic E-state index is 12.5. The highest BCUT2D eigenvalue weighted by Crippen LogP contribution is 2.19. The lowest BCUT2D eigenvalue weighted by atomic mass is 10.1. The van der Waals surface area contributed by atoms with Crippen LogP contribution in [0.3, 0.4) is 0 Å². The minimum Gasteiger partial charge on any atom is -0.395 e. The van der Waals surface area contributed by atoms with Gasteiger partial charge in [-0.1, -0.05) is 19.1 Å². The topological polar surface area (TPSA) is 74.7 Å². The van der Waals surface area contributed by atoms with E-state index in [1.165, 1.54) is 18.2 Å². The molecule has 1 rings (SSSR count). The summed E-state index contributed by atoms with van der Waals surface area (Å²) in [7, 11) is -4.18. The van der Waals surface area contributed by atoms with E-state index < -0.39 is 36.1 Å². The first-order valence-electron chi connectivity index (χ1n) is 6.35. The first kappa shape index (κ1) is 17.7. The fourth-order valence-corrected chi connectivity index (χ4v) is 3.21. The third-order valence-corrected chi connectivity index (χ3v) is 4.67. The molecule has 118 valence electrons. The van der Waals surface area contributed by atoms with E-state index in [2.05, 4.69) is 0 Å². The number of halogens is 2. The van der Waals surface area contributed by atoms with Gasteiger partial charge >= 0.3 is 0 Å². The summed E-state index contributed by atoms with van der Waals surface area (Å²) in [5.41, 5.74) is 0.208. The second-order valence-corrected chi connectivity index (χ2v) is 6.22. The molecule has 0 amide bonds.